The van der Waals surface area contributed by atoms with Gasteiger partial charge >= 0.3 is 0 Å². The highest BCUT2D eigenvalue weighted by Gasteiger charge is 2.19. The summed E-state index contributed by atoms with van der Waals surface area (Å²) >= 11 is 0. The van der Waals surface area contributed by atoms with Crippen molar-refractivity contribution in [3.05, 3.63) is 24.3 Å². The van der Waals surface area contributed by atoms with Crippen molar-refractivity contribution in [2.75, 3.05) is 7.11 Å². The molecule has 0 unspecified atom stereocenters. The third kappa shape index (κ3) is 2.60. The first kappa shape index (κ1) is 11.1. The molecule has 6 nitrogen and oxygen atoms in total. The summed E-state index contributed by atoms with van der Waals surface area (Å²) in [5.74, 6) is -0.0605. The number of carbonyl (C=O) groups excluding carboxylic acids is 2. The SMILES string of the molecule is COc1ccccc1N=C1NC(=O)CC(=O)N1. The molecular formula is C11H11N3O3. The van der Waals surface area contributed by atoms with E-state index < -0.39 is 0 Å². The van der Waals surface area contributed by atoms with E-state index in [1.807, 2.05) is 0 Å². The predicted octanol–water partition coefficient (Wildman–Crippen LogP) is 0.319. The summed E-state index contributed by atoms with van der Waals surface area (Å²) in [6.45, 7) is 0. The van der Waals surface area contributed by atoms with E-state index >= 15 is 0 Å². The largest absolute Gasteiger partial charge is 0.494 e. The second-order valence-electron chi connectivity index (χ2n) is 3.41. The number of methoxy groups -OCH3 is 1. The molecule has 1 aliphatic heterocycles. The quantitative estimate of drug-likeness (QED) is 0.722. The van der Waals surface area contributed by atoms with Gasteiger partial charge in [0.1, 0.15) is 17.9 Å². The van der Waals surface area contributed by atoms with Gasteiger partial charge < -0.3 is 4.74 Å². The number of rotatable bonds is 2. The predicted molar refractivity (Wildman–Crippen MR) is 61.0 cm³/mol. The van der Waals surface area contributed by atoms with E-state index in [-0.39, 0.29) is 24.2 Å². The Hall–Kier alpha value is -2.37. The maximum absolute atomic E-state index is 11.1. The minimum atomic E-state index is -0.373. The van der Waals surface area contributed by atoms with E-state index in [4.69, 9.17) is 4.74 Å². The van der Waals surface area contributed by atoms with Crippen LogP contribution < -0.4 is 15.4 Å². The van der Waals surface area contributed by atoms with Crippen LogP contribution in [0.25, 0.3) is 0 Å². The summed E-state index contributed by atoms with van der Waals surface area (Å²) in [6.07, 6.45) is -0.176. The third-order valence-electron chi connectivity index (χ3n) is 2.15. The molecule has 88 valence electrons. The van der Waals surface area contributed by atoms with E-state index in [0.717, 1.165) is 0 Å². The zero-order valence-electron chi connectivity index (χ0n) is 9.19. The minimum absolute atomic E-state index is 0.121. The first-order chi connectivity index (χ1) is 8.19. The van der Waals surface area contributed by atoms with Gasteiger partial charge in [0.05, 0.1) is 7.11 Å². The van der Waals surface area contributed by atoms with Gasteiger partial charge in [-0.25, -0.2) is 4.99 Å². The van der Waals surface area contributed by atoms with Crippen molar-refractivity contribution in [3.8, 4) is 5.75 Å². The first-order valence-electron chi connectivity index (χ1n) is 5.00. The van der Waals surface area contributed by atoms with Gasteiger partial charge in [0.15, 0.2) is 0 Å². The average molecular weight is 233 g/mol. The Morgan fingerprint density at radius 3 is 2.47 bits per heavy atom. The molecule has 1 aromatic carbocycles. The Balaban J connectivity index is 2.29. The van der Waals surface area contributed by atoms with Gasteiger partial charge in [-0.1, -0.05) is 12.1 Å². The number of aliphatic imine (C=N–C) groups is 1. The van der Waals surface area contributed by atoms with E-state index in [2.05, 4.69) is 15.6 Å². The number of hydrogen-bond donors (Lipinski definition) is 2. The van der Waals surface area contributed by atoms with Gasteiger partial charge in [0.25, 0.3) is 0 Å². The summed E-state index contributed by atoms with van der Waals surface area (Å²) in [5.41, 5.74) is 0.535. The number of nitrogens with one attached hydrogen (secondary N) is 2. The van der Waals surface area contributed by atoms with Crippen molar-refractivity contribution in [2.45, 2.75) is 6.42 Å². The van der Waals surface area contributed by atoms with E-state index in [9.17, 15) is 9.59 Å². The van der Waals surface area contributed by atoms with Crippen LogP contribution in [0.15, 0.2) is 29.3 Å². The monoisotopic (exact) mass is 233 g/mol. The summed E-state index contributed by atoms with van der Waals surface area (Å²) in [6, 6.07) is 7.06. The molecule has 1 fully saturated rings. The summed E-state index contributed by atoms with van der Waals surface area (Å²) in [7, 11) is 1.52. The van der Waals surface area contributed by atoms with E-state index in [1.54, 1.807) is 24.3 Å². The number of guanidine groups is 1. The van der Waals surface area contributed by atoms with Crippen molar-refractivity contribution >= 4 is 23.5 Å². The summed E-state index contributed by atoms with van der Waals surface area (Å²) < 4.78 is 5.11. The number of nitrogens with zero attached hydrogens (tertiary/aromatic N) is 1. The molecule has 1 aliphatic rings. The standard InChI is InChI=1S/C11H11N3O3/c1-17-8-5-3-2-4-7(8)12-11-13-9(15)6-10(16)14-11/h2-5H,6H2,1H3,(H2,12,13,14,15,16). The molecule has 2 amide bonds. The van der Waals surface area contributed by atoms with Crippen LogP contribution in [0.1, 0.15) is 6.42 Å². The lowest BCUT2D eigenvalue weighted by atomic mass is 10.3. The van der Waals surface area contributed by atoms with Crippen LogP contribution in [0.2, 0.25) is 0 Å². The van der Waals surface area contributed by atoms with Gasteiger partial charge in [-0.3, -0.25) is 20.2 Å². The van der Waals surface area contributed by atoms with Crippen molar-refractivity contribution in [3.63, 3.8) is 0 Å². The van der Waals surface area contributed by atoms with Crippen LogP contribution in [0, 0.1) is 0 Å². The highest BCUT2D eigenvalue weighted by molar-refractivity contribution is 6.16. The average Bonchev–Trinajstić information content (AvgIpc) is 2.28. The first-order valence-corrected chi connectivity index (χ1v) is 5.00. The van der Waals surface area contributed by atoms with Crippen LogP contribution in [0.5, 0.6) is 5.75 Å². The topological polar surface area (TPSA) is 79.8 Å². The van der Waals surface area contributed by atoms with E-state index in [0.29, 0.717) is 11.4 Å². The molecule has 0 saturated carbocycles. The van der Waals surface area contributed by atoms with Gasteiger partial charge in [0.2, 0.25) is 17.8 Å². The Morgan fingerprint density at radius 1 is 1.18 bits per heavy atom. The Labute approximate surface area is 97.7 Å². The molecule has 0 spiro atoms. The molecule has 2 N–H and O–H groups in total. The van der Waals surface area contributed by atoms with Crippen molar-refractivity contribution in [2.24, 2.45) is 4.99 Å². The molecular weight excluding hydrogens is 222 g/mol. The number of amides is 2. The van der Waals surface area contributed by atoms with Crippen LogP contribution in [-0.4, -0.2) is 24.9 Å². The second kappa shape index (κ2) is 4.65. The number of benzene rings is 1. The van der Waals surface area contributed by atoms with Gasteiger partial charge in [-0.2, -0.15) is 0 Å². The maximum atomic E-state index is 11.1. The van der Waals surface area contributed by atoms with Crippen molar-refractivity contribution in [1.29, 1.82) is 0 Å². The zero-order chi connectivity index (χ0) is 12.3. The van der Waals surface area contributed by atoms with Crippen LogP contribution in [0.4, 0.5) is 5.69 Å². The highest BCUT2D eigenvalue weighted by atomic mass is 16.5. The molecule has 17 heavy (non-hydrogen) atoms. The van der Waals surface area contributed by atoms with Crippen LogP contribution >= 0.6 is 0 Å². The molecule has 0 bridgehead atoms. The summed E-state index contributed by atoms with van der Waals surface area (Å²) in [5, 5.41) is 4.94. The number of carbonyl (C=O) groups is 2. The molecule has 0 radical (unpaired) electrons. The fourth-order valence-corrected chi connectivity index (χ4v) is 1.43. The van der Waals surface area contributed by atoms with Crippen molar-refractivity contribution < 1.29 is 14.3 Å². The number of ether oxygens (including phenoxy) is 1. The van der Waals surface area contributed by atoms with Gasteiger partial charge in [0, 0.05) is 0 Å². The highest BCUT2D eigenvalue weighted by Crippen LogP contribution is 2.26. The van der Waals surface area contributed by atoms with Crippen molar-refractivity contribution in [1.82, 2.24) is 10.6 Å². The third-order valence-corrected chi connectivity index (χ3v) is 2.15. The Kier molecular flexibility index (Phi) is 3.04. The zero-order valence-corrected chi connectivity index (χ0v) is 9.19. The summed E-state index contributed by atoms with van der Waals surface area (Å²) in [4.78, 5) is 26.4. The second-order valence-corrected chi connectivity index (χ2v) is 3.41. The molecule has 0 aliphatic carbocycles. The normalized spacial score (nSPS) is 15.0. The Bertz CT molecular complexity index is 478. The Morgan fingerprint density at radius 2 is 1.82 bits per heavy atom. The number of para-hydroxylation sites is 2. The fraction of sp³-hybridized carbons (Fsp3) is 0.182. The van der Waals surface area contributed by atoms with Crippen LogP contribution in [0.3, 0.4) is 0 Å². The van der Waals surface area contributed by atoms with Crippen LogP contribution in [-0.2, 0) is 9.59 Å². The number of hydrogen-bond acceptors (Lipinski definition) is 4. The molecule has 1 heterocycles. The lowest BCUT2D eigenvalue weighted by Crippen LogP contribution is -2.50. The van der Waals surface area contributed by atoms with Gasteiger partial charge in [-0.15, -0.1) is 0 Å². The van der Waals surface area contributed by atoms with Gasteiger partial charge in [-0.05, 0) is 12.1 Å². The smallest absolute Gasteiger partial charge is 0.236 e. The molecule has 2 rings (SSSR count). The lowest BCUT2D eigenvalue weighted by molar-refractivity contribution is -0.129. The molecule has 1 aromatic rings. The molecule has 1 saturated heterocycles. The lowest BCUT2D eigenvalue weighted by Gasteiger charge is -2.15. The maximum Gasteiger partial charge on any atom is 0.236 e. The molecule has 0 aromatic heterocycles. The molecule has 6 heteroatoms. The fourth-order valence-electron chi connectivity index (χ4n) is 1.43. The minimum Gasteiger partial charge on any atom is -0.494 e. The molecule has 0 atom stereocenters. The van der Waals surface area contributed by atoms with E-state index in [1.165, 1.54) is 7.11 Å².